The van der Waals surface area contributed by atoms with Crippen molar-refractivity contribution in [3.05, 3.63) is 54.2 Å². The summed E-state index contributed by atoms with van der Waals surface area (Å²) in [4.78, 5) is 27.4. The molecule has 0 fully saturated rings. The summed E-state index contributed by atoms with van der Waals surface area (Å²) in [5.74, 6) is -0.224. The highest BCUT2D eigenvalue weighted by molar-refractivity contribution is 5.89. The van der Waals surface area contributed by atoms with Crippen molar-refractivity contribution in [3.63, 3.8) is 0 Å². The monoisotopic (exact) mass is 380 g/mol. The molecule has 2 heterocycles. The summed E-state index contributed by atoms with van der Waals surface area (Å²) in [6, 6.07) is 7.86. The lowest BCUT2D eigenvalue weighted by Gasteiger charge is -2.11. The summed E-state index contributed by atoms with van der Waals surface area (Å²) in [6.45, 7) is 2.28. The third-order valence-corrected chi connectivity index (χ3v) is 3.65. The molecule has 28 heavy (non-hydrogen) atoms. The molecule has 0 saturated carbocycles. The second-order valence-corrected chi connectivity index (χ2v) is 5.67. The van der Waals surface area contributed by atoms with Crippen LogP contribution in [-0.2, 0) is 0 Å². The molecule has 0 aliphatic rings. The SMILES string of the molecule is COc1cnc(OCCOc2nc(C(N)=O)n[c]c2-c2ccc(C)cc2)nc1. The summed E-state index contributed by atoms with van der Waals surface area (Å²) in [5.41, 5.74) is 7.68. The van der Waals surface area contributed by atoms with Gasteiger partial charge >= 0.3 is 6.01 Å². The number of nitrogens with zero attached hydrogens (tertiary/aromatic N) is 4. The smallest absolute Gasteiger partial charge is 0.316 e. The average Bonchev–Trinajstić information content (AvgIpc) is 2.72. The van der Waals surface area contributed by atoms with Crippen LogP contribution in [0.25, 0.3) is 11.1 Å². The highest BCUT2D eigenvalue weighted by Crippen LogP contribution is 2.27. The molecule has 9 nitrogen and oxygen atoms in total. The van der Waals surface area contributed by atoms with E-state index in [4.69, 9.17) is 19.9 Å². The summed E-state index contributed by atoms with van der Waals surface area (Å²) in [7, 11) is 1.53. The highest BCUT2D eigenvalue weighted by Gasteiger charge is 2.14. The van der Waals surface area contributed by atoms with Crippen LogP contribution < -0.4 is 19.9 Å². The van der Waals surface area contributed by atoms with Gasteiger partial charge in [0.1, 0.15) is 19.4 Å². The van der Waals surface area contributed by atoms with E-state index in [-0.39, 0.29) is 30.9 Å². The van der Waals surface area contributed by atoms with Crippen LogP contribution in [-0.4, -0.2) is 46.2 Å². The van der Waals surface area contributed by atoms with E-state index in [1.54, 1.807) is 0 Å². The molecule has 1 amide bonds. The topological polar surface area (TPSA) is 122 Å². The van der Waals surface area contributed by atoms with E-state index < -0.39 is 5.91 Å². The summed E-state index contributed by atoms with van der Waals surface area (Å²) >= 11 is 0. The van der Waals surface area contributed by atoms with Crippen molar-refractivity contribution >= 4 is 5.91 Å². The van der Waals surface area contributed by atoms with Gasteiger partial charge in [-0.25, -0.2) is 4.98 Å². The van der Waals surface area contributed by atoms with Gasteiger partial charge < -0.3 is 19.9 Å². The molecule has 0 bridgehead atoms. The van der Waals surface area contributed by atoms with E-state index in [0.29, 0.717) is 11.3 Å². The van der Waals surface area contributed by atoms with Crippen molar-refractivity contribution in [2.75, 3.05) is 20.3 Å². The predicted molar refractivity (Wildman–Crippen MR) is 99.1 cm³/mol. The Morgan fingerprint density at radius 2 is 1.79 bits per heavy atom. The van der Waals surface area contributed by atoms with E-state index in [9.17, 15) is 4.79 Å². The van der Waals surface area contributed by atoms with Crippen LogP contribution in [0.4, 0.5) is 0 Å². The molecule has 0 aliphatic heterocycles. The number of carbonyl (C=O) groups excluding carboxylic acids is 1. The first-order chi connectivity index (χ1) is 13.6. The largest absolute Gasteiger partial charge is 0.494 e. The molecule has 9 heteroatoms. The van der Waals surface area contributed by atoms with Gasteiger partial charge in [-0.3, -0.25) is 4.79 Å². The Hall–Kier alpha value is -3.75. The van der Waals surface area contributed by atoms with Gasteiger partial charge in [-0.1, -0.05) is 29.8 Å². The van der Waals surface area contributed by atoms with Gasteiger partial charge in [0.25, 0.3) is 5.91 Å². The number of aromatic nitrogens is 4. The average molecular weight is 380 g/mol. The van der Waals surface area contributed by atoms with E-state index in [2.05, 4.69) is 26.1 Å². The number of hydrogen-bond acceptors (Lipinski definition) is 8. The van der Waals surface area contributed by atoms with Gasteiger partial charge in [-0.15, -0.1) is 0 Å². The van der Waals surface area contributed by atoms with Crippen molar-refractivity contribution < 1.29 is 19.0 Å². The van der Waals surface area contributed by atoms with Crippen LogP contribution in [0.2, 0.25) is 0 Å². The minimum absolute atomic E-state index is 0.136. The van der Waals surface area contributed by atoms with Gasteiger partial charge in [0, 0.05) is 0 Å². The number of nitrogens with two attached hydrogens (primary N) is 1. The Bertz CT molecular complexity index is 946. The molecule has 0 spiro atoms. The first kappa shape index (κ1) is 19.0. The zero-order chi connectivity index (χ0) is 19.9. The number of methoxy groups -OCH3 is 1. The summed E-state index contributed by atoms with van der Waals surface area (Å²) in [5, 5.41) is 0. The molecule has 143 valence electrons. The molecule has 0 unspecified atom stereocenters. The zero-order valence-electron chi connectivity index (χ0n) is 15.4. The second kappa shape index (κ2) is 8.76. The summed E-state index contributed by atoms with van der Waals surface area (Å²) in [6.07, 6.45) is 5.77. The van der Waals surface area contributed by atoms with Gasteiger partial charge in [0.2, 0.25) is 11.7 Å². The maximum Gasteiger partial charge on any atom is 0.316 e. The van der Waals surface area contributed by atoms with Crippen LogP contribution in [0.5, 0.6) is 17.6 Å². The first-order valence-corrected chi connectivity index (χ1v) is 8.35. The number of hydrogen-bond donors (Lipinski definition) is 1. The Labute approximate surface area is 161 Å². The molecule has 1 radical (unpaired) electrons. The Kier molecular flexibility index (Phi) is 5.95. The van der Waals surface area contributed by atoms with E-state index in [1.165, 1.54) is 19.5 Å². The fourth-order valence-electron chi connectivity index (χ4n) is 2.21. The third kappa shape index (κ3) is 4.70. The molecule has 2 aromatic heterocycles. The predicted octanol–water partition coefficient (Wildman–Crippen LogP) is 1.61. The number of primary amides is 1. The molecular weight excluding hydrogens is 362 g/mol. The first-order valence-electron chi connectivity index (χ1n) is 8.35. The molecule has 0 saturated heterocycles. The normalized spacial score (nSPS) is 10.4. The van der Waals surface area contributed by atoms with Crippen LogP contribution in [0.3, 0.4) is 0 Å². The molecule has 0 aliphatic carbocycles. The zero-order valence-corrected chi connectivity index (χ0v) is 15.4. The van der Waals surface area contributed by atoms with E-state index in [1.807, 2.05) is 31.2 Å². The number of aryl methyl sites for hydroxylation is 1. The molecule has 3 aromatic rings. The molecule has 1 aromatic carbocycles. The highest BCUT2D eigenvalue weighted by atomic mass is 16.5. The quantitative estimate of drug-likeness (QED) is 0.585. The van der Waals surface area contributed by atoms with Crippen molar-refractivity contribution in [1.29, 1.82) is 0 Å². The van der Waals surface area contributed by atoms with Crippen molar-refractivity contribution in [1.82, 2.24) is 19.9 Å². The van der Waals surface area contributed by atoms with E-state index in [0.717, 1.165) is 11.1 Å². The van der Waals surface area contributed by atoms with E-state index >= 15 is 0 Å². The Balaban J connectivity index is 1.70. The number of benzene rings is 1. The summed E-state index contributed by atoms with van der Waals surface area (Å²) < 4.78 is 16.1. The Morgan fingerprint density at radius 3 is 2.43 bits per heavy atom. The lowest BCUT2D eigenvalue weighted by Crippen LogP contribution is -2.17. The van der Waals surface area contributed by atoms with Crippen LogP contribution in [0.15, 0.2) is 36.7 Å². The molecule has 0 atom stereocenters. The maximum absolute atomic E-state index is 11.4. The standard InChI is InChI=1S/C19H18N5O4/c1-12-3-5-13(6-4-12)15-11-21-17(16(20)25)24-18(15)27-7-8-28-19-22-9-14(26-2)10-23-19/h3-6,9-10H,7-8H2,1-2H3,(H2,20,25). The number of ether oxygens (including phenoxy) is 3. The number of amides is 1. The fraction of sp³-hybridized carbons (Fsp3) is 0.211. The minimum Gasteiger partial charge on any atom is -0.494 e. The van der Waals surface area contributed by atoms with Gasteiger partial charge in [0.05, 0.1) is 25.1 Å². The molecule has 2 N–H and O–H groups in total. The maximum atomic E-state index is 11.4. The minimum atomic E-state index is -0.764. The van der Waals surface area contributed by atoms with Crippen LogP contribution in [0, 0.1) is 13.1 Å². The van der Waals surface area contributed by atoms with Crippen molar-refractivity contribution in [2.24, 2.45) is 5.73 Å². The van der Waals surface area contributed by atoms with Crippen LogP contribution >= 0.6 is 0 Å². The lowest BCUT2D eigenvalue weighted by molar-refractivity contribution is 0.0988. The third-order valence-electron chi connectivity index (χ3n) is 3.65. The Morgan fingerprint density at radius 1 is 1.11 bits per heavy atom. The number of rotatable bonds is 8. The van der Waals surface area contributed by atoms with Gasteiger partial charge in [-0.05, 0) is 12.5 Å². The molecular formula is C19H18N5O4. The number of carbonyl (C=O) groups is 1. The molecule has 3 rings (SSSR count). The van der Waals surface area contributed by atoms with Crippen molar-refractivity contribution in [2.45, 2.75) is 6.92 Å². The van der Waals surface area contributed by atoms with Crippen molar-refractivity contribution in [3.8, 4) is 28.8 Å². The van der Waals surface area contributed by atoms with Crippen LogP contribution in [0.1, 0.15) is 16.2 Å². The second-order valence-electron chi connectivity index (χ2n) is 5.67. The van der Waals surface area contributed by atoms with Gasteiger partial charge in [-0.2, -0.15) is 15.0 Å². The van der Waals surface area contributed by atoms with Gasteiger partial charge in [0.15, 0.2) is 5.75 Å². The lowest BCUT2D eigenvalue weighted by atomic mass is 10.1. The fourth-order valence-corrected chi connectivity index (χ4v) is 2.21.